The maximum Gasteiger partial charge on any atom is 0.179 e. The fourth-order valence-corrected chi connectivity index (χ4v) is 4.50. The Morgan fingerprint density at radius 3 is 2.15 bits per heavy atom. The van der Waals surface area contributed by atoms with E-state index in [1.807, 2.05) is 72.4 Å². The highest BCUT2D eigenvalue weighted by atomic mass is 35.5. The van der Waals surface area contributed by atoms with Crippen molar-refractivity contribution in [3.05, 3.63) is 113 Å². The molecule has 2 aromatic heterocycles. The van der Waals surface area contributed by atoms with Crippen molar-refractivity contribution in [1.29, 1.82) is 0 Å². The predicted molar refractivity (Wildman–Crippen MR) is 136 cm³/mol. The molecule has 1 unspecified atom stereocenters. The van der Waals surface area contributed by atoms with Crippen LogP contribution in [0.25, 0.3) is 22.3 Å². The van der Waals surface area contributed by atoms with Crippen LogP contribution in [0.4, 0.5) is 0 Å². The number of fused-ring (bicyclic) bond motifs is 1. The van der Waals surface area contributed by atoms with E-state index in [-0.39, 0.29) is 12.1 Å². The number of halogens is 1. The molecule has 0 aliphatic heterocycles. The largest absolute Gasteiger partial charge is 0.374 e. The van der Waals surface area contributed by atoms with Crippen LogP contribution in [0.2, 0.25) is 5.02 Å². The molecule has 0 aliphatic carbocycles. The molecule has 3 aromatic carbocycles. The molecule has 0 N–H and O–H groups in total. The van der Waals surface area contributed by atoms with E-state index < -0.39 is 0 Å². The van der Waals surface area contributed by atoms with E-state index in [4.69, 9.17) is 31.4 Å². The van der Waals surface area contributed by atoms with Crippen LogP contribution in [0.3, 0.4) is 0 Å². The molecule has 2 heterocycles. The fourth-order valence-electron chi connectivity index (χ4n) is 4.27. The van der Waals surface area contributed by atoms with Gasteiger partial charge in [0.15, 0.2) is 11.6 Å². The van der Waals surface area contributed by atoms with Gasteiger partial charge in [0.05, 0.1) is 10.5 Å². The van der Waals surface area contributed by atoms with E-state index >= 15 is 0 Å². The highest BCUT2D eigenvalue weighted by Crippen LogP contribution is 2.35. The predicted octanol–water partition coefficient (Wildman–Crippen LogP) is 6.80. The van der Waals surface area contributed by atoms with Crippen LogP contribution in [-0.2, 0) is 4.74 Å². The summed E-state index contributed by atoms with van der Waals surface area (Å²) in [6.45, 7) is 4.03. The van der Waals surface area contributed by atoms with Crippen LogP contribution in [0.1, 0.15) is 41.6 Å². The average molecular weight is 469 g/mol. The van der Waals surface area contributed by atoms with Crippen molar-refractivity contribution >= 4 is 22.5 Å². The van der Waals surface area contributed by atoms with Crippen molar-refractivity contribution < 1.29 is 4.74 Å². The molecule has 0 saturated carbocycles. The SMILES string of the molecule is COC(C)c1nc(-c2cnc3c(Cl)cccc3c2C)n(C(c2ccccc2)c2ccccc2)n1. The van der Waals surface area contributed by atoms with Gasteiger partial charge in [0.25, 0.3) is 0 Å². The van der Waals surface area contributed by atoms with E-state index in [0.717, 1.165) is 39.0 Å². The van der Waals surface area contributed by atoms with Gasteiger partial charge in [-0.3, -0.25) is 4.98 Å². The molecular formula is C28H25ClN4O. The van der Waals surface area contributed by atoms with E-state index in [1.54, 1.807) is 7.11 Å². The molecule has 5 rings (SSSR count). The number of hydrogen-bond acceptors (Lipinski definition) is 4. The van der Waals surface area contributed by atoms with Gasteiger partial charge >= 0.3 is 0 Å². The van der Waals surface area contributed by atoms with Crippen LogP contribution in [-0.4, -0.2) is 26.9 Å². The summed E-state index contributed by atoms with van der Waals surface area (Å²) >= 11 is 6.42. The zero-order valence-corrected chi connectivity index (χ0v) is 20.1. The second kappa shape index (κ2) is 9.37. The van der Waals surface area contributed by atoms with Crippen molar-refractivity contribution in [2.75, 3.05) is 7.11 Å². The first kappa shape index (κ1) is 22.3. The number of para-hydroxylation sites is 1. The third-order valence-corrected chi connectivity index (χ3v) is 6.50. The Bertz CT molecular complexity index is 1390. The first-order valence-electron chi connectivity index (χ1n) is 11.2. The van der Waals surface area contributed by atoms with Crippen LogP contribution in [0.15, 0.2) is 85.1 Å². The highest BCUT2D eigenvalue weighted by molar-refractivity contribution is 6.35. The smallest absolute Gasteiger partial charge is 0.179 e. The van der Waals surface area contributed by atoms with Crippen molar-refractivity contribution in [3.8, 4) is 11.4 Å². The minimum absolute atomic E-state index is 0.169. The number of ether oxygens (including phenoxy) is 1. The Morgan fingerprint density at radius 2 is 1.53 bits per heavy atom. The van der Waals surface area contributed by atoms with Crippen LogP contribution in [0, 0.1) is 6.92 Å². The first-order valence-corrected chi connectivity index (χ1v) is 11.6. The van der Waals surface area contributed by atoms with Gasteiger partial charge in [-0.1, -0.05) is 84.4 Å². The quantitative estimate of drug-likeness (QED) is 0.275. The van der Waals surface area contributed by atoms with E-state index in [0.29, 0.717) is 10.8 Å². The zero-order valence-electron chi connectivity index (χ0n) is 19.3. The maximum atomic E-state index is 6.42. The van der Waals surface area contributed by atoms with Crippen LogP contribution < -0.4 is 0 Å². The number of pyridine rings is 1. The molecule has 0 aliphatic rings. The first-order chi connectivity index (χ1) is 16.6. The molecule has 0 fully saturated rings. The van der Waals surface area contributed by atoms with E-state index in [1.165, 1.54) is 0 Å². The maximum absolute atomic E-state index is 6.42. The van der Waals surface area contributed by atoms with Crippen molar-refractivity contribution in [3.63, 3.8) is 0 Å². The lowest BCUT2D eigenvalue weighted by Crippen LogP contribution is -2.16. The van der Waals surface area contributed by atoms with Gasteiger partial charge in [-0.15, -0.1) is 0 Å². The summed E-state index contributed by atoms with van der Waals surface area (Å²) in [7, 11) is 1.67. The van der Waals surface area contributed by atoms with Gasteiger partial charge in [0.1, 0.15) is 12.1 Å². The highest BCUT2D eigenvalue weighted by Gasteiger charge is 2.26. The molecule has 170 valence electrons. The van der Waals surface area contributed by atoms with Gasteiger partial charge in [0.2, 0.25) is 0 Å². The topological polar surface area (TPSA) is 52.8 Å². The Labute approximate surface area is 204 Å². The van der Waals surface area contributed by atoms with Gasteiger partial charge in [-0.05, 0) is 36.6 Å². The molecule has 0 radical (unpaired) electrons. The number of aryl methyl sites for hydroxylation is 1. The molecule has 5 aromatic rings. The van der Waals surface area contributed by atoms with Crippen molar-refractivity contribution in [2.24, 2.45) is 0 Å². The number of methoxy groups -OCH3 is 1. The summed E-state index contributed by atoms with van der Waals surface area (Å²) < 4.78 is 7.57. The number of nitrogens with zero attached hydrogens (tertiary/aromatic N) is 4. The van der Waals surface area contributed by atoms with Crippen molar-refractivity contribution in [2.45, 2.75) is 26.0 Å². The van der Waals surface area contributed by atoms with E-state index in [2.05, 4.69) is 31.2 Å². The minimum Gasteiger partial charge on any atom is -0.374 e. The third kappa shape index (κ3) is 3.98. The van der Waals surface area contributed by atoms with Crippen molar-refractivity contribution in [1.82, 2.24) is 19.7 Å². The fraction of sp³-hybridized carbons (Fsp3) is 0.179. The Kier molecular flexibility index (Phi) is 6.14. The molecule has 6 heteroatoms. The van der Waals surface area contributed by atoms with Crippen LogP contribution >= 0.6 is 11.6 Å². The minimum atomic E-state index is -0.254. The molecule has 5 nitrogen and oxygen atoms in total. The number of benzene rings is 3. The second-order valence-corrected chi connectivity index (χ2v) is 8.68. The third-order valence-electron chi connectivity index (χ3n) is 6.20. The molecule has 0 spiro atoms. The Morgan fingerprint density at radius 1 is 0.882 bits per heavy atom. The summed E-state index contributed by atoms with van der Waals surface area (Å²) in [6.07, 6.45) is 1.59. The lowest BCUT2D eigenvalue weighted by molar-refractivity contribution is 0.112. The molecule has 1 atom stereocenters. The van der Waals surface area contributed by atoms with Gasteiger partial charge in [-0.2, -0.15) is 5.10 Å². The Hall–Kier alpha value is -3.54. The van der Waals surface area contributed by atoms with E-state index in [9.17, 15) is 0 Å². The summed E-state index contributed by atoms with van der Waals surface area (Å²) in [4.78, 5) is 9.66. The summed E-state index contributed by atoms with van der Waals surface area (Å²) in [6, 6.07) is 26.4. The number of hydrogen-bond donors (Lipinski definition) is 0. The number of aromatic nitrogens is 4. The molecular weight excluding hydrogens is 444 g/mol. The summed E-state index contributed by atoms with van der Waals surface area (Å²) in [5, 5.41) is 6.61. The standard InChI is InChI=1S/C28H25ClN4O/c1-18-22-15-10-16-24(29)25(22)30-17-23(18)28-31-27(19(2)34-3)32-33(28)26(20-11-6-4-7-12-20)21-13-8-5-9-14-21/h4-17,19,26H,1-3H3. The molecule has 34 heavy (non-hydrogen) atoms. The lowest BCUT2D eigenvalue weighted by Gasteiger charge is -2.21. The molecule has 0 saturated heterocycles. The average Bonchev–Trinajstić information content (AvgIpc) is 3.30. The van der Waals surface area contributed by atoms with Crippen LogP contribution in [0.5, 0.6) is 0 Å². The van der Waals surface area contributed by atoms with Gasteiger partial charge < -0.3 is 4.74 Å². The van der Waals surface area contributed by atoms with Gasteiger partial charge in [0, 0.05) is 24.3 Å². The molecule has 0 bridgehead atoms. The summed E-state index contributed by atoms with van der Waals surface area (Å²) in [5.41, 5.74) is 4.98. The monoisotopic (exact) mass is 468 g/mol. The normalized spacial score (nSPS) is 12.4. The number of rotatable bonds is 6. The lowest BCUT2D eigenvalue weighted by atomic mass is 9.98. The Balaban J connectivity index is 1.79. The summed E-state index contributed by atoms with van der Waals surface area (Å²) in [5.74, 6) is 1.36. The molecule has 0 amide bonds. The zero-order chi connectivity index (χ0) is 23.7. The van der Waals surface area contributed by atoms with Gasteiger partial charge in [-0.25, -0.2) is 9.67 Å². The second-order valence-electron chi connectivity index (χ2n) is 8.27.